The molecule has 3 rings (SSSR count). The number of rotatable bonds is 8. The normalized spacial score (nSPS) is 12.1. The molecule has 0 bridgehead atoms. The van der Waals surface area contributed by atoms with E-state index in [2.05, 4.69) is 10.2 Å². The summed E-state index contributed by atoms with van der Waals surface area (Å²) in [6, 6.07) is 17.5. The van der Waals surface area contributed by atoms with E-state index in [-0.39, 0.29) is 30.7 Å². The number of nitrogens with one attached hydrogen (secondary N) is 1. The highest BCUT2D eigenvalue weighted by atomic mass is 16.5. The van der Waals surface area contributed by atoms with Gasteiger partial charge in [-0.25, -0.2) is 0 Å². The zero-order valence-corrected chi connectivity index (χ0v) is 17.1. The first-order chi connectivity index (χ1) is 14.0. The first kappa shape index (κ1) is 20.6. The molecule has 1 heterocycles. The molecule has 3 aromatic rings. The van der Waals surface area contributed by atoms with Gasteiger partial charge in [0.1, 0.15) is 5.75 Å². The first-order valence-electron chi connectivity index (χ1n) is 9.66. The molecule has 152 valence electrons. The number of likely N-dealkylation sites (N-methyl/N-ethyl adjacent to an activating group) is 1. The first-order valence-corrected chi connectivity index (χ1v) is 9.66. The van der Waals surface area contributed by atoms with E-state index in [0.717, 1.165) is 22.2 Å². The number of benzene rings is 2. The molecule has 6 nitrogen and oxygen atoms in total. The smallest absolute Gasteiger partial charge is 0.231 e. The topological polar surface area (TPSA) is 63.6 Å². The lowest BCUT2D eigenvalue weighted by Crippen LogP contribution is -2.34. The summed E-state index contributed by atoms with van der Waals surface area (Å²) in [4.78, 5) is 26.9. The zero-order chi connectivity index (χ0) is 20.8. The number of ether oxygens (including phenoxy) is 1. The average molecular weight is 393 g/mol. The zero-order valence-electron chi connectivity index (χ0n) is 17.1. The lowest BCUT2D eigenvalue weighted by atomic mass is 10.1. The fourth-order valence-corrected chi connectivity index (χ4v) is 3.36. The third kappa shape index (κ3) is 5.03. The van der Waals surface area contributed by atoms with Gasteiger partial charge in [-0.2, -0.15) is 0 Å². The van der Waals surface area contributed by atoms with E-state index in [0.29, 0.717) is 6.54 Å². The van der Waals surface area contributed by atoms with Gasteiger partial charge in [0.05, 0.1) is 18.7 Å². The lowest BCUT2D eigenvalue weighted by molar-refractivity contribution is -0.121. The SMILES string of the molecule is COc1ccc(C(CNC(=O)CCC(=O)n2ccc3ccccc32)N(C)C)cc1. The largest absolute Gasteiger partial charge is 0.497 e. The number of para-hydroxylation sites is 1. The Morgan fingerprint density at radius 3 is 2.45 bits per heavy atom. The maximum absolute atomic E-state index is 12.5. The number of methoxy groups -OCH3 is 1. The quantitative estimate of drug-likeness (QED) is 0.636. The van der Waals surface area contributed by atoms with Crippen LogP contribution in [0, 0.1) is 0 Å². The highest BCUT2D eigenvalue weighted by molar-refractivity contribution is 5.93. The molecule has 0 radical (unpaired) electrons. The molecule has 0 aliphatic heterocycles. The molecule has 0 saturated heterocycles. The van der Waals surface area contributed by atoms with Gasteiger partial charge in [-0.05, 0) is 43.9 Å². The number of amides is 1. The van der Waals surface area contributed by atoms with Gasteiger partial charge in [-0.15, -0.1) is 0 Å². The summed E-state index contributed by atoms with van der Waals surface area (Å²) in [7, 11) is 5.58. The van der Waals surface area contributed by atoms with Crippen molar-refractivity contribution in [2.75, 3.05) is 27.7 Å². The summed E-state index contributed by atoms with van der Waals surface area (Å²) >= 11 is 0. The Kier molecular flexibility index (Phi) is 6.67. The summed E-state index contributed by atoms with van der Waals surface area (Å²) in [5.74, 6) is 0.585. The van der Waals surface area contributed by atoms with Crippen molar-refractivity contribution in [2.45, 2.75) is 18.9 Å². The summed E-state index contributed by atoms with van der Waals surface area (Å²) in [5, 5.41) is 3.97. The van der Waals surface area contributed by atoms with Crippen LogP contribution in [0.2, 0.25) is 0 Å². The summed E-state index contributed by atoms with van der Waals surface area (Å²) < 4.78 is 6.82. The predicted octanol–water partition coefficient (Wildman–Crippen LogP) is 3.49. The fourth-order valence-electron chi connectivity index (χ4n) is 3.36. The van der Waals surface area contributed by atoms with Crippen molar-refractivity contribution in [3.8, 4) is 5.75 Å². The molecule has 0 saturated carbocycles. The minimum Gasteiger partial charge on any atom is -0.497 e. The monoisotopic (exact) mass is 393 g/mol. The van der Waals surface area contributed by atoms with E-state index in [9.17, 15) is 9.59 Å². The molecule has 1 amide bonds. The van der Waals surface area contributed by atoms with Gasteiger partial charge >= 0.3 is 0 Å². The van der Waals surface area contributed by atoms with E-state index >= 15 is 0 Å². The molecule has 1 aromatic heterocycles. The molecule has 0 fully saturated rings. The van der Waals surface area contributed by atoms with Gasteiger partial charge in [0.15, 0.2) is 0 Å². The maximum atomic E-state index is 12.5. The molecule has 0 aliphatic carbocycles. The van der Waals surface area contributed by atoms with Gasteiger partial charge in [0.2, 0.25) is 11.8 Å². The van der Waals surface area contributed by atoms with Crippen LogP contribution in [-0.2, 0) is 4.79 Å². The second-order valence-corrected chi connectivity index (χ2v) is 7.19. The molecule has 1 unspecified atom stereocenters. The van der Waals surface area contributed by atoms with Crippen LogP contribution in [0.15, 0.2) is 60.8 Å². The summed E-state index contributed by atoms with van der Waals surface area (Å²) in [6.07, 6.45) is 2.09. The van der Waals surface area contributed by atoms with Crippen LogP contribution in [0.25, 0.3) is 10.9 Å². The Labute approximate surface area is 171 Å². The molecule has 29 heavy (non-hydrogen) atoms. The van der Waals surface area contributed by atoms with Crippen molar-refractivity contribution in [1.29, 1.82) is 0 Å². The number of aromatic nitrogens is 1. The Bertz CT molecular complexity index is 976. The van der Waals surface area contributed by atoms with Crippen molar-refractivity contribution in [2.24, 2.45) is 0 Å². The van der Waals surface area contributed by atoms with Gasteiger partial charge < -0.3 is 15.0 Å². The fraction of sp³-hybridized carbons (Fsp3) is 0.304. The predicted molar refractivity (Wildman–Crippen MR) is 114 cm³/mol. The van der Waals surface area contributed by atoms with Crippen LogP contribution in [0.3, 0.4) is 0 Å². The maximum Gasteiger partial charge on any atom is 0.231 e. The van der Waals surface area contributed by atoms with Crippen LogP contribution in [0.1, 0.15) is 29.2 Å². The average Bonchev–Trinajstić information content (AvgIpc) is 3.16. The van der Waals surface area contributed by atoms with Crippen molar-refractivity contribution in [3.63, 3.8) is 0 Å². The van der Waals surface area contributed by atoms with Crippen LogP contribution in [-0.4, -0.2) is 49.0 Å². The number of hydrogen-bond acceptors (Lipinski definition) is 4. The second kappa shape index (κ2) is 9.39. The Morgan fingerprint density at radius 1 is 1.03 bits per heavy atom. The van der Waals surface area contributed by atoms with Crippen LogP contribution >= 0.6 is 0 Å². The van der Waals surface area contributed by atoms with E-state index in [1.807, 2.05) is 68.7 Å². The van der Waals surface area contributed by atoms with Crippen molar-refractivity contribution in [1.82, 2.24) is 14.8 Å². The van der Waals surface area contributed by atoms with Crippen LogP contribution in [0.5, 0.6) is 5.75 Å². The minimum atomic E-state index is -0.129. The van der Waals surface area contributed by atoms with E-state index in [4.69, 9.17) is 4.74 Å². The number of fused-ring (bicyclic) bond motifs is 1. The van der Waals surface area contributed by atoms with Gasteiger partial charge in [-0.1, -0.05) is 30.3 Å². The molecule has 0 aliphatic rings. The van der Waals surface area contributed by atoms with Crippen molar-refractivity contribution >= 4 is 22.7 Å². The van der Waals surface area contributed by atoms with Crippen LogP contribution in [0.4, 0.5) is 0 Å². The number of carbonyl (C=O) groups is 2. The van der Waals surface area contributed by atoms with Crippen molar-refractivity contribution < 1.29 is 14.3 Å². The molecule has 2 aromatic carbocycles. The Balaban J connectivity index is 1.54. The molecule has 1 N–H and O–H groups in total. The third-order valence-corrected chi connectivity index (χ3v) is 5.05. The van der Waals surface area contributed by atoms with E-state index < -0.39 is 0 Å². The molecular weight excluding hydrogens is 366 g/mol. The lowest BCUT2D eigenvalue weighted by Gasteiger charge is -2.25. The van der Waals surface area contributed by atoms with Gasteiger partial charge in [0, 0.05) is 31.0 Å². The summed E-state index contributed by atoms with van der Waals surface area (Å²) in [5.41, 5.74) is 1.95. The highest BCUT2D eigenvalue weighted by Crippen LogP contribution is 2.21. The molecule has 6 heteroatoms. The molecule has 0 spiro atoms. The number of hydrogen-bond donors (Lipinski definition) is 1. The molecular formula is C23H27N3O3. The highest BCUT2D eigenvalue weighted by Gasteiger charge is 2.16. The van der Waals surface area contributed by atoms with Gasteiger partial charge in [0.25, 0.3) is 0 Å². The minimum absolute atomic E-state index is 0.0361. The number of nitrogens with zero attached hydrogens (tertiary/aromatic N) is 2. The number of carbonyl (C=O) groups excluding carboxylic acids is 2. The van der Waals surface area contributed by atoms with Crippen LogP contribution < -0.4 is 10.1 Å². The molecule has 1 atom stereocenters. The Hall–Kier alpha value is -3.12. The van der Waals surface area contributed by atoms with E-state index in [1.165, 1.54) is 0 Å². The summed E-state index contributed by atoms with van der Waals surface area (Å²) in [6.45, 7) is 0.471. The van der Waals surface area contributed by atoms with Gasteiger partial charge in [-0.3, -0.25) is 14.2 Å². The van der Waals surface area contributed by atoms with E-state index in [1.54, 1.807) is 17.9 Å². The Morgan fingerprint density at radius 2 is 1.76 bits per heavy atom. The second-order valence-electron chi connectivity index (χ2n) is 7.19. The standard InChI is InChI=1S/C23H27N3O3/c1-25(2)21(18-8-10-19(29-3)11-9-18)16-24-22(27)12-13-23(28)26-15-14-17-6-4-5-7-20(17)26/h4-11,14-15,21H,12-13,16H2,1-3H3,(H,24,27). The third-order valence-electron chi connectivity index (χ3n) is 5.05. The van der Waals surface area contributed by atoms with Crippen molar-refractivity contribution in [3.05, 3.63) is 66.4 Å².